The summed E-state index contributed by atoms with van der Waals surface area (Å²) in [5.41, 5.74) is 4.92. The van der Waals surface area contributed by atoms with Crippen LogP contribution in [-0.4, -0.2) is 29.6 Å². The van der Waals surface area contributed by atoms with Gasteiger partial charge in [0, 0.05) is 17.4 Å². The highest BCUT2D eigenvalue weighted by Gasteiger charge is 2.11. The monoisotopic (exact) mass is 393 g/mol. The number of benzene rings is 2. The number of H-pyrrole nitrogens is 1. The molecule has 0 aliphatic heterocycles. The molecule has 2 heterocycles. The van der Waals surface area contributed by atoms with Gasteiger partial charge in [0.2, 0.25) is 10.0 Å². The second kappa shape index (κ2) is 6.97. The third-order valence-electron chi connectivity index (χ3n) is 4.15. The quantitative estimate of drug-likeness (QED) is 0.475. The van der Waals surface area contributed by atoms with Crippen LogP contribution in [0.15, 0.2) is 60.8 Å². The lowest BCUT2D eigenvalue weighted by molar-refractivity contribution is 0.607. The highest BCUT2D eigenvalue weighted by molar-refractivity contribution is 7.92. The molecule has 0 fully saturated rings. The third-order valence-corrected chi connectivity index (χ3v) is 4.76. The summed E-state index contributed by atoms with van der Waals surface area (Å²) in [6.07, 6.45) is 2.81. The molecule has 0 aliphatic rings. The maximum atomic E-state index is 11.4. The molecule has 0 atom stereocenters. The van der Waals surface area contributed by atoms with Crippen LogP contribution in [0, 0.1) is 6.92 Å². The molecule has 4 rings (SSSR count). The summed E-state index contributed by atoms with van der Waals surface area (Å²) in [5.74, 6) is 1.35. The summed E-state index contributed by atoms with van der Waals surface area (Å²) in [4.78, 5) is 12.4. The molecule has 0 aliphatic carbocycles. The van der Waals surface area contributed by atoms with Crippen molar-refractivity contribution in [3.05, 3.63) is 66.4 Å². The molecular formula is C20H19N5O2S. The van der Waals surface area contributed by atoms with E-state index in [1.54, 1.807) is 24.4 Å². The van der Waals surface area contributed by atoms with E-state index in [4.69, 9.17) is 4.98 Å². The van der Waals surface area contributed by atoms with Gasteiger partial charge in [-0.15, -0.1) is 0 Å². The molecular weight excluding hydrogens is 374 g/mol. The Hall–Kier alpha value is -3.39. The summed E-state index contributed by atoms with van der Waals surface area (Å²) in [6, 6.07) is 17.0. The molecule has 7 nitrogen and oxygen atoms in total. The molecule has 3 N–H and O–H groups in total. The minimum atomic E-state index is -3.34. The minimum absolute atomic E-state index is 0.474. The number of hydrogen-bond donors (Lipinski definition) is 3. The van der Waals surface area contributed by atoms with E-state index in [0.717, 1.165) is 23.2 Å². The Morgan fingerprint density at radius 3 is 2.50 bits per heavy atom. The Labute approximate surface area is 162 Å². The number of anilines is 3. The van der Waals surface area contributed by atoms with Gasteiger partial charge in [0.15, 0.2) is 5.82 Å². The van der Waals surface area contributed by atoms with Crippen molar-refractivity contribution in [1.29, 1.82) is 0 Å². The SMILES string of the molecule is Cc1ccc(-c2nc3c(Nc4cccc(NS(C)(=O)=O)c4)nccc3[nH]2)cc1. The van der Waals surface area contributed by atoms with E-state index in [1.165, 1.54) is 5.56 Å². The van der Waals surface area contributed by atoms with Crippen LogP contribution < -0.4 is 10.0 Å². The van der Waals surface area contributed by atoms with E-state index >= 15 is 0 Å². The molecule has 2 aromatic heterocycles. The van der Waals surface area contributed by atoms with Crippen molar-refractivity contribution in [2.45, 2.75) is 6.92 Å². The first-order valence-corrected chi connectivity index (χ1v) is 10.5. The summed E-state index contributed by atoms with van der Waals surface area (Å²) in [6.45, 7) is 2.04. The van der Waals surface area contributed by atoms with Crippen molar-refractivity contribution in [1.82, 2.24) is 15.0 Å². The van der Waals surface area contributed by atoms with Crippen LogP contribution in [0.1, 0.15) is 5.56 Å². The van der Waals surface area contributed by atoms with Gasteiger partial charge < -0.3 is 10.3 Å². The molecule has 0 amide bonds. The first-order valence-electron chi connectivity index (χ1n) is 8.64. The lowest BCUT2D eigenvalue weighted by atomic mass is 10.1. The Morgan fingerprint density at radius 1 is 1.00 bits per heavy atom. The molecule has 142 valence electrons. The Kier molecular flexibility index (Phi) is 4.48. The molecule has 4 aromatic rings. The third kappa shape index (κ3) is 3.96. The fourth-order valence-corrected chi connectivity index (χ4v) is 3.44. The predicted molar refractivity (Wildman–Crippen MR) is 112 cm³/mol. The van der Waals surface area contributed by atoms with Crippen molar-refractivity contribution < 1.29 is 8.42 Å². The van der Waals surface area contributed by atoms with E-state index in [1.807, 2.05) is 43.3 Å². The molecule has 0 saturated carbocycles. The molecule has 0 saturated heterocycles. The van der Waals surface area contributed by atoms with Gasteiger partial charge in [0.1, 0.15) is 11.3 Å². The van der Waals surface area contributed by atoms with Gasteiger partial charge in [-0.05, 0) is 31.2 Å². The standard InChI is InChI=1S/C20H19N5O2S/c1-13-6-8-14(9-7-13)19-23-17-10-11-21-20(18(17)24-19)22-15-4-3-5-16(12-15)25-28(2,26)27/h3-12,25H,1-2H3,(H,21,22)(H,23,24). The number of aromatic amines is 1. The van der Waals surface area contributed by atoms with Crippen molar-refractivity contribution >= 4 is 38.2 Å². The molecule has 28 heavy (non-hydrogen) atoms. The van der Waals surface area contributed by atoms with Gasteiger partial charge in [-0.25, -0.2) is 18.4 Å². The number of aromatic nitrogens is 3. The summed E-state index contributed by atoms with van der Waals surface area (Å²) in [5, 5.41) is 3.22. The summed E-state index contributed by atoms with van der Waals surface area (Å²) in [7, 11) is -3.34. The smallest absolute Gasteiger partial charge is 0.229 e. The molecule has 0 radical (unpaired) electrons. The van der Waals surface area contributed by atoms with Crippen LogP contribution in [0.3, 0.4) is 0 Å². The number of nitrogens with zero attached hydrogens (tertiary/aromatic N) is 2. The zero-order valence-electron chi connectivity index (χ0n) is 15.4. The zero-order valence-corrected chi connectivity index (χ0v) is 16.2. The van der Waals surface area contributed by atoms with Gasteiger partial charge >= 0.3 is 0 Å². The van der Waals surface area contributed by atoms with Crippen LogP contribution in [0.4, 0.5) is 17.2 Å². The number of rotatable bonds is 5. The molecule has 2 aromatic carbocycles. The fraction of sp³-hybridized carbons (Fsp3) is 0.100. The largest absolute Gasteiger partial charge is 0.338 e. The summed E-state index contributed by atoms with van der Waals surface area (Å²) < 4.78 is 25.4. The topological polar surface area (TPSA) is 99.8 Å². The zero-order chi connectivity index (χ0) is 19.7. The lowest BCUT2D eigenvalue weighted by Crippen LogP contribution is -2.09. The number of imidazole rings is 1. The van der Waals surface area contributed by atoms with Crippen LogP contribution in [0.25, 0.3) is 22.4 Å². The van der Waals surface area contributed by atoms with E-state index < -0.39 is 10.0 Å². The van der Waals surface area contributed by atoms with Crippen molar-refractivity contribution in [2.24, 2.45) is 0 Å². The maximum absolute atomic E-state index is 11.4. The van der Waals surface area contributed by atoms with Crippen LogP contribution in [0.5, 0.6) is 0 Å². The summed E-state index contributed by atoms with van der Waals surface area (Å²) >= 11 is 0. The van der Waals surface area contributed by atoms with Crippen molar-refractivity contribution in [3.8, 4) is 11.4 Å². The van der Waals surface area contributed by atoms with Crippen molar-refractivity contribution in [2.75, 3.05) is 16.3 Å². The highest BCUT2D eigenvalue weighted by atomic mass is 32.2. The average Bonchev–Trinajstić information content (AvgIpc) is 3.06. The first-order chi connectivity index (χ1) is 13.4. The average molecular weight is 393 g/mol. The second-order valence-corrected chi connectivity index (χ2v) is 8.34. The fourth-order valence-electron chi connectivity index (χ4n) is 2.89. The number of sulfonamides is 1. The van der Waals surface area contributed by atoms with Gasteiger partial charge in [-0.2, -0.15) is 0 Å². The van der Waals surface area contributed by atoms with E-state index in [9.17, 15) is 8.42 Å². The Bertz CT molecular complexity index is 1250. The van der Waals surface area contributed by atoms with Crippen LogP contribution in [-0.2, 0) is 10.0 Å². The van der Waals surface area contributed by atoms with E-state index in [2.05, 4.69) is 20.0 Å². The number of hydrogen-bond acceptors (Lipinski definition) is 5. The molecule has 8 heteroatoms. The number of pyridine rings is 1. The highest BCUT2D eigenvalue weighted by Crippen LogP contribution is 2.27. The molecule has 0 spiro atoms. The van der Waals surface area contributed by atoms with Gasteiger partial charge in [-0.3, -0.25) is 4.72 Å². The maximum Gasteiger partial charge on any atom is 0.229 e. The minimum Gasteiger partial charge on any atom is -0.338 e. The van der Waals surface area contributed by atoms with E-state index in [0.29, 0.717) is 22.7 Å². The molecule has 0 bridgehead atoms. The van der Waals surface area contributed by atoms with Crippen LogP contribution >= 0.6 is 0 Å². The van der Waals surface area contributed by atoms with Gasteiger partial charge in [-0.1, -0.05) is 35.9 Å². The molecule has 0 unspecified atom stereocenters. The number of nitrogens with one attached hydrogen (secondary N) is 3. The Balaban J connectivity index is 1.68. The number of aryl methyl sites for hydroxylation is 1. The number of fused-ring (bicyclic) bond motifs is 1. The second-order valence-electron chi connectivity index (χ2n) is 6.59. The first kappa shape index (κ1) is 18.0. The van der Waals surface area contributed by atoms with Gasteiger partial charge in [0.25, 0.3) is 0 Å². The Morgan fingerprint density at radius 2 is 1.75 bits per heavy atom. The van der Waals surface area contributed by atoms with Gasteiger partial charge in [0.05, 0.1) is 17.5 Å². The predicted octanol–water partition coefficient (Wildman–Crippen LogP) is 4.05. The lowest BCUT2D eigenvalue weighted by Gasteiger charge is -2.09. The normalized spacial score (nSPS) is 11.5. The van der Waals surface area contributed by atoms with E-state index in [-0.39, 0.29) is 0 Å². The van der Waals surface area contributed by atoms with Crippen LogP contribution in [0.2, 0.25) is 0 Å². The van der Waals surface area contributed by atoms with Crippen molar-refractivity contribution in [3.63, 3.8) is 0 Å².